The van der Waals surface area contributed by atoms with E-state index in [1.165, 1.54) is 32.4 Å². The van der Waals surface area contributed by atoms with Gasteiger partial charge in [-0.15, -0.1) is 0 Å². The molecule has 0 saturated carbocycles. The van der Waals surface area contributed by atoms with Gasteiger partial charge in [0.15, 0.2) is 0 Å². The van der Waals surface area contributed by atoms with Crippen LogP contribution in [0, 0.1) is 0 Å². The smallest absolute Gasteiger partial charge is 0.239 e. The Hall–Kier alpha value is -0.610. The van der Waals surface area contributed by atoms with Crippen molar-refractivity contribution in [2.75, 3.05) is 26.2 Å². The summed E-state index contributed by atoms with van der Waals surface area (Å²) in [5, 5.41) is 0. The van der Waals surface area contributed by atoms with Crippen molar-refractivity contribution in [3.63, 3.8) is 0 Å². The molecule has 2 aliphatic rings. The van der Waals surface area contributed by atoms with Crippen molar-refractivity contribution in [2.45, 2.75) is 64.0 Å². The zero-order valence-electron chi connectivity index (χ0n) is 12.3. The Morgan fingerprint density at radius 1 is 1.26 bits per heavy atom. The Balaban J connectivity index is 1.83. The van der Waals surface area contributed by atoms with Crippen LogP contribution >= 0.6 is 0 Å². The molecule has 2 aliphatic heterocycles. The molecular formula is C15H29N3O. The van der Waals surface area contributed by atoms with Crippen LogP contribution in [0.25, 0.3) is 0 Å². The number of hydrogen-bond acceptors (Lipinski definition) is 3. The number of carbonyl (C=O) groups excluding carboxylic acids is 1. The van der Waals surface area contributed by atoms with Gasteiger partial charge in [0, 0.05) is 19.1 Å². The fourth-order valence-electron chi connectivity index (χ4n) is 3.34. The van der Waals surface area contributed by atoms with Crippen LogP contribution in [0.15, 0.2) is 0 Å². The summed E-state index contributed by atoms with van der Waals surface area (Å²) in [6.45, 7) is 6.38. The van der Waals surface area contributed by atoms with Gasteiger partial charge >= 0.3 is 0 Å². The summed E-state index contributed by atoms with van der Waals surface area (Å²) >= 11 is 0. The number of hydrogen-bond donors (Lipinski definition) is 1. The molecule has 0 aromatic rings. The Kier molecular flexibility index (Phi) is 5.64. The number of nitrogens with zero attached hydrogens (tertiary/aromatic N) is 2. The topological polar surface area (TPSA) is 49.6 Å². The van der Waals surface area contributed by atoms with E-state index in [-0.39, 0.29) is 11.9 Å². The van der Waals surface area contributed by atoms with Gasteiger partial charge in [0.2, 0.25) is 5.91 Å². The molecule has 110 valence electrons. The van der Waals surface area contributed by atoms with Gasteiger partial charge in [-0.25, -0.2) is 0 Å². The molecule has 2 saturated heterocycles. The monoisotopic (exact) mass is 267 g/mol. The lowest BCUT2D eigenvalue weighted by molar-refractivity contribution is -0.134. The van der Waals surface area contributed by atoms with Gasteiger partial charge < -0.3 is 10.6 Å². The molecule has 2 rings (SSSR count). The van der Waals surface area contributed by atoms with E-state index in [0.29, 0.717) is 6.04 Å². The van der Waals surface area contributed by atoms with Crippen molar-refractivity contribution in [1.82, 2.24) is 9.80 Å². The summed E-state index contributed by atoms with van der Waals surface area (Å²) < 4.78 is 0. The first-order chi connectivity index (χ1) is 9.22. The van der Waals surface area contributed by atoms with Crippen molar-refractivity contribution in [3.05, 3.63) is 0 Å². The van der Waals surface area contributed by atoms with Crippen LogP contribution in [0.1, 0.15) is 51.9 Å². The highest BCUT2D eigenvalue weighted by Gasteiger charge is 2.30. The molecule has 2 heterocycles. The van der Waals surface area contributed by atoms with E-state index in [9.17, 15) is 4.79 Å². The minimum atomic E-state index is -0.280. The molecule has 0 aromatic carbocycles. The largest absolute Gasteiger partial charge is 0.340 e. The van der Waals surface area contributed by atoms with Crippen LogP contribution in [-0.2, 0) is 4.79 Å². The van der Waals surface area contributed by atoms with E-state index in [1.54, 1.807) is 0 Å². The lowest BCUT2D eigenvalue weighted by Crippen LogP contribution is -2.53. The second kappa shape index (κ2) is 7.25. The van der Waals surface area contributed by atoms with Crippen molar-refractivity contribution < 1.29 is 4.79 Å². The standard InChI is InChI=1S/C15H29N3O/c1-2-3-8-14(16)15(19)18-11-6-7-13(12-18)17-9-4-5-10-17/h13-14H,2-12,16H2,1H3/t13?,14-/m0/s1. The highest BCUT2D eigenvalue weighted by Crippen LogP contribution is 2.21. The lowest BCUT2D eigenvalue weighted by Gasteiger charge is -2.38. The first-order valence-corrected chi connectivity index (χ1v) is 8.00. The molecule has 1 amide bonds. The molecule has 0 aliphatic carbocycles. The molecule has 2 N–H and O–H groups in total. The molecule has 19 heavy (non-hydrogen) atoms. The number of rotatable bonds is 5. The maximum Gasteiger partial charge on any atom is 0.239 e. The summed E-state index contributed by atoms with van der Waals surface area (Å²) in [5.41, 5.74) is 6.03. The van der Waals surface area contributed by atoms with Crippen LogP contribution in [0.2, 0.25) is 0 Å². The van der Waals surface area contributed by atoms with Crippen LogP contribution in [-0.4, -0.2) is 54.0 Å². The summed E-state index contributed by atoms with van der Waals surface area (Å²) in [6, 6.07) is 0.302. The minimum Gasteiger partial charge on any atom is -0.340 e. The average Bonchev–Trinajstić information content (AvgIpc) is 2.98. The number of carbonyl (C=O) groups is 1. The maximum atomic E-state index is 12.3. The SMILES string of the molecule is CCCC[C@H](N)C(=O)N1CCCC(N2CCCC2)C1. The van der Waals surface area contributed by atoms with Gasteiger partial charge in [-0.3, -0.25) is 9.69 Å². The third-order valence-electron chi connectivity index (χ3n) is 4.55. The van der Waals surface area contributed by atoms with E-state index < -0.39 is 0 Å². The summed E-state index contributed by atoms with van der Waals surface area (Å²) in [5.74, 6) is 0.178. The fourth-order valence-corrected chi connectivity index (χ4v) is 3.34. The Morgan fingerprint density at radius 3 is 2.68 bits per heavy atom. The molecule has 0 radical (unpaired) electrons. The van der Waals surface area contributed by atoms with E-state index in [0.717, 1.165) is 38.8 Å². The summed E-state index contributed by atoms with van der Waals surface area (Å²) in [7, 11) is 0. The number of nitrogens with two attached hydrogens (primary N) is 1. The zero-order chi connectivity index (χ0) is 13.7. The van der Waals surface area contributed by atoms with Crippen LogP contribution in [0.4, 0.5) is 0 Å². The maximum absolute atomic E-state index is 12.3. The van der Waals surface area contributed by atoms with Gasteiger partial charge in [0.1, 0.15) is 0 Å². The molecular weight excluding hydrogens is 238 g/mol. The highest BCUT2D eigenvalue weighted by molar-refractivity contribution is 5.81. The van der Waals surface area contributed by atoms with Crippen molar-refractivity contribution in [2.24, 2.45) is 5.73 Å². The number of piperidine rings is 1. The van der Waals surface area contributed by atoms with E-state index in [1.807, 2.05) is 4.90 Å². The van der Waals surface area contributed by atoms with Crippen LogP contribution in [0.3, 0.4) is 0 Å². The molecule has 2 fully saturated rings. The Morgan fingerprint density at radius 2 is 2.00 bits per heavy atom. The molecule has 0 spiro atoms. The molecule has 0 bridgehead atoms. The van der Waals surface area contributed by atoms with E-state index in [4.69, 9.17) is 5.73 Å². The minimum absolute atomic E-state index is 0.178. The first-order valence-electron chi connectivity index (χ1n) is 8.00. The first kappa shape index (κ1) is 14.8. The second-order valence-corrected chi connectivity index (χ2v) is 6.07. The highest BCUT2D eigenvalue weighted by atomic mass is 16.2. The summed E-state index contributed by atoms with van der Waals surface area (Å²) in [6.07, 6.45) is 8.01. The van der Waals surface area contributed by atoms with Gasteiger partial charge in [0.05, 0.1) is 6.04 Å². The fraction of sp³-hybridized carbons (Fsp3) is 0.933. The van der Waals surface area contributed by atoms with Crippen LogP contribution in [0.5, 0.6) is 0 Å². The zero-order valence-corrected chi connectivity index (χ0v) is 12.3. The number of likely N-dealkylation sites (tertiary alicyclic amines) is 2. The third-order valence-corrected chi connectivity index (χ3v) is 4.55. The van der Waals surface area contributed by atoms with Gasteiger partial charge in [0.25, 0.3) is 0 Å². The molecule has 0 aromatic heterocycles. The average molecular weight is 267 g/mol. The van der Waals surface area contributed by atoms with Crippen molar-refractivity contribution in [1.29, 1.82) is 0 Å². The number of unbranched alkanes of at least 4 members (excludes halogenated alkanes) is 1. The molecule has 2 atom stereocenters. The quantitative estimate of drug-likeness (QED) is 0.823. The van der Waals surface area contributed by atoms with Crippen molar-refractivity contribution in [3.8, 4) is 0 Å². The van der Waals surface area contributed by atoms with E-state index in [2.05, 4.69) is 11.8 Å². The van der Waals surface area contributed by atoms with Gasteiger partial charge in [-0.1, -0.05) is 19.8 Å². The molecule has 4 heteroatoms. The molecule has 4 nitrogen and oxygen atoms in total. The number of amides is 1. The molecule has 1 unspecified atom stereocenters. The Bertz CT molecular complexity index is 289. The van der Waals surface area contributed by atoms with Gasteiger partial charge in [-0.2, -0.15) is 0 Å². The Labute approximate surface area is 117 Å². The predicted molar refractivity (Wildman–Crippen MR) is 77.9 cm³/mol. The normalized spacial score (nSPS) is 26.6. The van der Waals surface area contributed by atoms with Crippen molar-refractivity contribution >= 4 is 5.91 Å². The lowest BCUT2D eigenvalue weighted by atomic mass is 10.0. The van der Waals surface area contributed by atoms with E-state index >= 15 is 0 Å². The second-order valence-electron chi connectivity index (χ2n) is 6.07. The van der Waals surface area contributed by atoms with Gasteiger partial charge in [-0.05, 0) is 45.2 Å². The third kappa shape index (κ3) is 3.93. The summed E-state index contributed by atoms with van der Waals surface area (Å²) in [4.78, 5) is 16.9. The van der Waals surface area contributed by atoms with Crippen LogP contribution < -0.4 is 5.73 Å². The predicted octanol–water partition coefficient (Wildman–Crippen LogP) is 1.59.